The summed E-state index contributed by atoms with van der Waals surface area (Å²) in [5, 5.41) is 13.9. The molecule has 33 heavy (non-hydrogen) atoms. The number of aliphatic carboxylic acids is 1. The van der Waals surface area contributed by atoms with Crippen molar-refractivity contribution in [3.8, 4) is 0 Å². The molecule has 0 atom stereocenters. The van der Waals surface area contributed by atoms with Crippen LogP contribution in [0.15, 0.2) is 0 Å². The predicted octanol–water partition coefficient (Wildman–Crippen LogP) is 1.75. The summed E-state index contributed by atoms with van der Waals surface area (Å²) in [6, 6.07) is 0. The number of nitrogens with one attached hydrogen (secondary N) is 2. The van der Waals surface area contributed by atoms with Gasteiger partial charge in [0.25, 0.3) is 0 Å². The van der Waals surface area contributed by atoms with Crippen molar-refractivity contribution in [1.82, 2.24) is 10.6 Å². The number of carboxylic acid groups (broad SMARTS) is 1. The molecule has 0 bridgehead atoms. The largest absolute Gasteiger partial charge is 0.481 e. The van der Waals surface area contributed by atoms with Gasteiger partial charge in [0.15, 0.2) is 0 Å². The van der Waals surface area contributed by atoms with Crippen molar-refractivity contribution < 1.29 is 38.4 Å². The van der Waals surface area contributed by atoms with Crippen LogP contribution < -0.4 is 10.6 Å². The van der Waals surface area contributed by atoms with Crippen molar-refractivity contribution >= 4 is 17.8 Å². The van der Waals surface area contributed by atoms with Gasteiger partial charge in [-0.05, 0) is 32.1 Å². The minimum Gasteiger partial charge on any atom is -0.481 e. The molecule has 0 aromatic heterocycles. The Bertz CT molecular complexity index is 561. The van der Waals surface area contributed by atoms with Crippen LogP contribution in [-0.4, -0.2) is 87.8 Å². The molecule has 2 amide bonds. The number of carbonyl (C=O) groups is 3. The number of amides is 2. The number of rotatable bonds is 20. The van der Waals surface area contributed by atoms with E-state index in [9.17, 15) is 14.4 Å². The molecule has 194 valence electrons. The standard InChI is InChI=1S/C23H44N2O8/c1-22(2,3)18-23(4,5)33-16-15-31-12-10-25-20(27)17-32-14-13-30-11-9-24-19(26)7-6-8-21(28)29/h6-18H2,1-5H3,(H,24,26)(H,25,27)(H,28,29). The Morgan fingerprint density at radius 2 is 1.27 bits per heavy atom. The van der Waals surface area contributed by atoms with Gasteiger partial charge in [0.05, 0.1) is 45.2 Å². The van der Waals surface area contributed by atoms with Gasteiger partial charge >= 0.3 is 5.97 Å². The molecule has 0 rings (SSSR count). The molecule has 0 fully saturated rings. The Balaban J connectivity index is 3.46. The summed E-state index contributed by atoms with van der Waals surface area (Å²) in [5.74, 6) is -1.34. The van der Waals surface area contributed by atoms with Crippen LogP contribution in [0.1, 0.15) is 60.3 Å². The molecule has 10 nitrogen and oxygen atoms in total. The Kier molecular flexibility index (Phi) is 16.8. The van der Waals surface area contributed by atoms with E-state index in [0.717, 1.165) is 6.42 Å². The highest BCUT2D eigenvalue weighted by Gasteiger charge is 2.25. The number of carbonyl (C=O) groups excluding carboxylic acids is 2. The molecule has 0 aliphatic carbocycles. The van der Waals surface area contributed by atoms with Gasteiger partial charge in [-0.25, -0.2) is 0 Å². The molecule has 0 unspecified atom stereocenters. The minimum atomic E-state index is -0.912. The zero-order valence-electron chi connectivity index (χ0n) is 21.0. The second-order valence-electron chi connectivity index (χ2n) is 9.57. The topological polar surface area (TPSA) is 132 Å². The molecular formula is C23H44N2O8. The maximum atomic E-state index is 11.7. The van der Waals surface area contributed by atoms with E-state index in [2.05, 4.69) is 45.3 Å². The second kappa shape index (κ2) is 17.7. The average molecular weight is 477 g/mol. The third-order valence-corrected chi connectivity index (χ3v) is 4.21. The van der Waals surface area contributed by atoms with E-state index in [0.29, 0.717) is 52.5 Å². The Hall–Kier alpha value is -1.75. The molecule has 0 radical (unpaired) electrons. The highest BCUT2D eigenvalue weighted by Crippen LogP contribution is 2.29. The predicted molar refractivity (Wildman–Crippen MR) is 124 cm³/mol. The van der Waals surface area contributed by atoms with Crippen molar-refractivity contribution in [2.24, 2.45) is 5.41 Å². The van der Waals surface area contributed by atoms with Crippen molar-refractivity contribution in [1.29, 1.82) is 0 Å². The van der Waals surface area contributed by atoms with E-state index < -0.39 is 5.97 Å². The monoisotopic (exact) mass is 476 g/mol. The zero-order chi connectivity index (χ0) is 25.2. The molecule has 0 aliphatic heterocycles. The molecular weight excluding hydrogens is 432 g/mol. The molecule has 10 heteroatoms. The molecule has 0 aromatic rings. The summed E-state index contributed by atoms with van der Waals surface area (Å²) in [5.41, 5.74) is 0.000151. The van der Waals surface area contributed by atoms with E-state index >= 15 is 0 Å². The van der Waals surface area contributed by atoms with Crippen LogP contribution in [0.3, 0.4) is 0 Å². The van der Waals surface area contributed by atoms with Crippen molar-refractivity contribution in [2.45, 2.75) is 65.9 Å². The first kappa shape index (κ1) is 31.2. The first-order valence-electron chi connectivity index (χ1n) is 11.5. The molecule has 3 N–H and O–H groups in total. The SMILES string of the molecule is CC(C)(C)CC(C)(C)OCCOCCNC(=O)COCCOCCNC(=O)CCCC(=O)O. The van der Waals surface area contributed by atoms with E-state index in [1.165, 1.54) is 0 Å². The van der Waals surface area contributed by atoms with Crippen LogP contribution in [0.2, 0.25) is 0 Å². The van der Waals surface area contributed by atoms with Gasteiger partial charge in [-0.2, -0.15) is 0 Å². The normalized spacial score (nSPS) is 11.9. The summed E-state index contributed by atoms with van der Waals surface area (Å²) in [6.45, 7) is 13.7. The lowest BCUT2D eigenvalue weighted by Crippen LogP contribution is -2.33. The minimum absolute atomic E-state index is 0.0207. The quantitative estimate of drug-likeness (QED) is 0.226. The molecule has 0 heterocycles. The Morgan fingerprint density at radius 1 is 0.727 bits per heavy atom. The maximum absolute atomic E-state index is 11.7. The van der Waals surface area contributed by atoms with E-state index in [-0.39, 0.29) is 48.9 Å². The van der Waals surface area contributed by atoms with Crippen molar-refractivity contribution in [3.05, 3.63) is 0 Å². The highest BCUT2D eigenvalue weighted by atomic mass is 16.5. The summed E-state index contributed by atoms with van der Waals surface area (Å²) in [4.78, 5) is 33.5. The third-order valence-electron chi connectivity index (χ3n) is 4.21. The molecule has 0 saturated carbocycles. The van der Waals surface area contributed by atoms with Gasteiger partial charge in [0.1, 0.15) is 6.61 Å². The summed E-state index contributed by atoms with van der Waals surface area (Å²) >= 11 is 0. The zero-order valence-corrected chi connectivity index (χ0v) is 21.0. The van der Waals surface area contributed by atoms with Crippen LogP contribution in [0.5, 0.6) is 0 Å². The van der Waals surface area contributed by atoms with Gasteiger partial charge in [0.2, 0.25) is 11.8 Å². The lowest BCUT2D eigenvalue weighted by molar-refractivity contribution is -0.137. The summed E-state index contributed by atoms with van der Waals surface area (Å²) in [7, 11) is 0. The maximum Gasteiger partial charge on any atom is 0.303 e. The number of hydrogen-bond acceptors (Lipinski definition) is 7. The van der Waals surface area contributed by atoms with Crippen molar-refractivity contribution in [3.63, 3.8) is 0 Å². The van der Waals surface area contributed by atoms with Crippen LogP contribution in [-0.2, 0) is 33.3 Å². The molecule has 0 saturated heterocycles. The first-order valence-corrected chi connectivity index (χ1v) is 11.5. The summed E-state index contributed by atoms with van der Waals surface area (Å²) in [6.07, 6.45) is 1.43. The Morgan fingerprint density at radius 3 is 1.85 bits per heavy atom. The third kappa shape index (κ3) is 23.2. The van der Waals surface area contributed by atoms with E-state index in [4.69, 9.17) is 24.1 Å². The number of ether oxygens (including phenoxy) is 4. The highest BCUT2D eigenvalue weighted by molar-refractivity contribution is 5.77. The fourth-order valence-electron chi connectivity index (χ4n) is 3.26. The van der Waals surface area contributed by atoms with Crippen molar-refractivity contribution in [2.75, 3.05) is 59.3 Å². The molecule has 0 aliphatic rings. The van der Waals surface area contributed by atoms with Gasteiger partial charge < -0.3 is 34.7 Å². The van der Waals surface area contributed by atoms with E-state index in [1.807, 2.05) is 0 Å². The lowest BCUT2D eigenvalue weighted by Gasteiger charge is -2.32. The Labute approximate surface area is 198 Å². The first-order chi connectivity index (χ1) is 15.4. The molecule has 0 spiro atoms. The van der Waals surface area contributed by atoms with Crippen LogP contribution in [0, 0.1) is 5.41 Å². The van der Waals surface area contributed by atoms with Gasteiger partial charge in [-0.3, -0.25) is 14.4 Å². The van der Waals surface area contributed by atoms with E-state index in [1.54, 1.807) is 0 Å². The fourth-order valence-corrected chi connectivity index (χ4v) is 3.26. The summed E-state index contributed by atoms with van der Waals surface area (Å²) < 4.78 is 21.9. The lowest BCUT2D eigenvalue weighted by atomic mass is 9.84. The smallest absolute Gasteiger partial charge is 0.303 e. The van der Waals surface area contributed by atoms with Gasteiger partial charge in [-0.15, -0.1) is 0 Å². The van der Waals surface area contributed by atoms with Crippen LogP contribution >= 0.6 is 0 Å². The number of carboxylic acids is 1. The van der Waals surface area contributed by atoms with Crippen LogP contribution in [0.4, 0.5) is 0 Å². The average Bonchev–Trinajstić information content (AvgIpc) is 2.67. The fraction of sp³-hybridized carbons (Fsp3) is 0.870. The van der Waals surface area contributed by atoms with Crippen LogP contribution in [0.25, 0.3) is 0 Å². The van der Waals surface area contributed by atoms with Gasteiger partial charge in [-0.1, -0.05) is 20.8 Å². The van der Waals surface area contributed by atoms with Gasteiger partial charge in [0, 0.05) is 25.9 Å². The number of hydrogen-bond donors (Lipinski definition) is 3. The molecule has 0 aromatic carbocycles. The second-order valence-corrected chi connectivity index (χ2v) is 9.57.